The number of halogens is 1. The third-order valence-corrected chi connectivity index (χ3v) is 5.74. The Morgan fingerprint density at radius 1 is 1.42 bits per heavy atom. The highest BCUT2D eigenvalue weighted by Gasteiger charge is 2.24. The largest absolute Gasteiger partial charge is 0.326 e. The Morgan fingerprint density at radius 2 is 2.21 bits per heavy atom. The summed E-state index contributed by atoms with van der Waals surface area (Å²) >= 11 is 7.04. The summed E-state index contributed by atoms with van der Waals surface area (Å²) < 4.78 is 1.18. The van der Waals surface area contributed by atoms with Crippen molar-refractivity contribution in [1.82, 2.24) is 4.90 Å². The zero-order chi connectivity index (χ0) is 13.8. The van der Waals surface area contributed by atoms with Crippen molar-refractivity contribution in [3.8, 4) is 0 Å². The van der Waals surface area contributed by atoms with E-state index in [-0.39, 0.29) is 6.04 Å². The van der Waals surface area contributed by atoms with Gasteiger partial charge in [-0.1, -0.05) is 13.0 Å². The Labute approximate surface area is 131 Å². The molecule has 0 bridgehead atoms. The van der Waals surface area contributed by atoms with Gasteiger partial charge < -0.3 is 5.73 Å². The topological polar surface area (TPSA) is 29.3 Å². The molecule has 0 radical (unpaired) electrons. The highest BCUT2D eigenvalue weighted by molar-refractivity contribution is 9.11. The number of nitrogens with two attached hydrogens (primary N) is 1. The van der Waals surface area contributed by atoms with Gasteiger partial charge in [0.05, 0.1) is 9.83 Å². The zero-order valence-corrected chi connectivity index (χ0v) is 14.4. The SMILES string of the molecule is CCC(N)C(c1cccs1)N(C)Cc1csc(Br)c1. The van der Waals surface area contributed by atoms with Gasteiger partial charge in [0.15, 0.2) is 0 Å². The minimum absolute atomic E-state index is 0.172. The molecule has 2 aromatic heterocycles. The third kappa shape index (κ3) is 3.89. The minimum atomic E-state index is 0.172. The van der Waals surface area contributed by atoms with Gasteiger partial charge in [0.25, 0.3) is 0 Å². The molecule has 0 spiro atoms. The number of nitrogens with zero attached hydrogens (tertiary/aromatic N) is 1. The molecule has 2 aromatic rings. The highest BCUT2D eigenvalue weighted by Crippen LogP contribution is 2.30. The van der Waals surface area contributed by atoms with E-state index in [1.54, 1.807) is 22.7 Å². The van der Waals surface area contributed by atoms with Crippen molar-refractivity contribution in [3.05, 3.63) is 43.2 Å². The van der Waals surface area contributed by atoms with Crippen LogP contribution in [-0.2, 0) is 6.54 Å². The van der Waals surface area contributed by atoms with E-state index in [0.29, 0.717) is 6.04 Å². The normalized spacial score (nSPS) is 14.8. The lowest BCUT2D eigenvalue weighted by molar-refractivity contribution is 0.205. The van der Waals surface area contributed by atoms with Gasteiger partial charge >= 0.3 is 0 Å². The molecule has 0 aliphatic rings. The van der Waals surface area contributed by atoms with Crippen LogP contribution in [0.25, 0.3) is 0 Å². The van der Waals surface area contributed by atoms with Crippen molar-refractivity contribution in [2.75, 3.05) is 7.05 Å². The van der Waals surface area contributed by atoms with Crippen LogP contribution < -0.4 is 5.73 Å². The van der Waals surface area contributed by atoms with E-state index in [0.717, 1.165) is 13.0 Å². The average molecular weight is 359 g/mol. The molecule has 0 saturated carbocycles. The van der Waals surface area contributed by atoms with E-state index in [1.165, 1.54) is 14.2 Å². The second kappa shape index (κ2) is 6.99. The first kappa shape index (κ1) is 15.2. The van der Waals surface area contributed by atoms with Gasteiger partial charge in [-0.15, -0.1) is 22.7 Å². The lowest BCUT2D eigenvalue weighted by Crippen LogP contribution is -2.38. The molecule has 0 amide bonds. The van der Waals surface area contributed by atoms with Crippen LogP contribution >= 0.6 is 38.6 Å². The lowest BCUT2D eigenvalue weighted by atomic mass is 10.0. The Hall–Kier alpha value is -0.200. The van der Waals surface area contributed by atoms with Crippen LogP contribution in [-0.4, -0.2) is 18.0 Å². The molecule has 2 nitrogen and oxygen atoms in total. The lowest BCUT2D eigenvalue weighted by Gasteiger charge is -2.31. The maximum absolute atomic E-state index is 6.33. The average Bonchev–Trinajstić information content (AvgIpc) is 3.01. The smallest absolute Gasteiger partial charge is 0.0701 e. The van der Waals surface area contributed by atoms with Gasteiger partial charge in [-0.25, -0.2) is 0 Å². The predicted molar refractivity (Wildman–Crippen MR) is 88.8 cm³/mol. The number of rotatable bonds is 6. The van der Waals surface area contributed by atoms with Crippen molar-refractivity contribution in [2.24, 2.45) is 5.73 Å². The molecule has 0 aromatic carbocycles. The Bertz CT molecular complexity index is 495. The van der Waals surface area contributed by atoms with Crippen molar-refractivity contribution in [1.29, 1.82) is 0 Å². The van der Waals surface area contributed by atoms with E-state index in [4.69, 9.17) is 5.73 Å². The molecule has 0 aliphatic carbocycles. The summed E-state index contributed by atoms with van der Waals surface area (Å²) in [5.74, 6) is 0. The monoisotopic (exact) mass is 358 g/mol. The molecular weight excluding hydrogens is 340 g/mol. The number of likely N-dealkylation sites (N-methyl/N-ethyl adjacent to an activating group) is 1. The first-order valence-corrected chi connectivity index (χ1v) is 8.89. The van der Waals surface area contributed by atoms with Crippen LogP contribution in [0.15, 0.2) is 32.7 Å². The third-order valence-electron chi connectivity index (χ3n) is 3.24. The summed E-state index contributed by atoms with van der Waals surface area (Å²) in [5.41, 5.74) is 7.66. The van der Waals surface area contributed by atoms with Crippen molar-refractivity contribution in [3.63, 3.8) is 0 Å². The summed E-state index contributed by atoms with van der Waals surface area (Å²) in [7, 11) is 2.16. The number of thiophene rings is 2. The maximum atomic E-state index is 6.33. The van der Waals surface area contributed by atoms with E-state index in [9.17, 15) is 0 Å². The van der Waals surface area contributed by atoms with Crippen LogP contribution in [0.2, 0.25) is 0 Å². The van der Waals surface area contributed by atoms with Crippen LogP contribution in [0, 0.1) is 0 Å². The molecule has 0 aliphatic heterocycles. The van der Waals surface area contributed by atoms with Crippen LogP contribution in [0.3, 0.4) is 0 Å². The summed E-state index contributed by atoms with van der Waals surface area (Å²) in [5, 5.41) is 4.32. The quantitative estimate of drug-likeness (QED) is 0.824. The van der Waals surface area contributed by atoms with Gasteiger partial charge in [0.2, 0.25) is 0 Å². The fraction of sp³-hybridized carbons (Fsp3) is 0.429. The summed E-state index contributed by atoms with van der Waals surface area (Å²) in [4.78, 5) is 3.71. The predicted octanol–water partition coefficient (Wildman–Crippen LogP) is 4.48. The van der Waals surface area contributed by atoms with Crippen molar-refractivity contribution in [2.45, 2.75) is 32.0 Å². The number of hydrogen-bond donors (Lipinski definition) is 1. The maximum Gasteiger partial charge on any atom is 0.0701 e. The fourth-order valence-corrected chi connectivity index (χ4v) is 4.42. The fourth-order valence-electron chi connectivity index (χ4n) is 2.25. The summed E-state index contributed by atoms with van der Waals surface area (Å²) in [6.07, 6.45) is 0.986. The van der Waals surface area contributed by atoms with E-state index < -0.39 is 0 Å². The first-order valence-electron chi connectivity index (χ1n) is 6.34. The van der Waals surface area contributed by atoms with E-state index in [1.807, 2.05) is 0 Å². The Morgan fingerprint density at radius 3 is 2.74 bits per heavy atom. The Kier molecular flexibility index (Phi) is 5.59. The summed E-state index contributed by atoms with van der Waals surface area (Å²) in [6, 6.07) is 6.94. The number of hydrogen-bond acceptors (Lipinski definition) is 4. The standard InChI is InChI=1S/C14H19BrN2S2/c1-3-11(16)14(12-5-4-6-18-12)17(2)8-10-7-13(15)19-9-10/h4-7,9,11,14H,3,8,16H2,1-2H3. The van der Waals surface area contributed by atoms with Crippen LogP contribution in [0.5, 0.6) is 0 Å². The van der Waals surface area contributed by atoms with Gasteiger partial charge in [0, 0.05) is 17.5 Å². The first-order chi connectivity index (χ1) is 9.11. The zero-order valence-electron chi connectivity index (χ0n) is 11.2. The molecule has 0 saturated heterocycles. The molecule has 5 heteroatoms. The van der Waals surface area contributed by atoms with Gasteiger partial charge in [-0.05, 0) is 57.9 Å². The van der Waals surface area contributed by atoms with Crippen LogP contribution in [0.1, 0.15) is 29.8 Å². The molecule has 0 fully saturated rings. The second-order valence-electron chi connectivity index (χ2n) is 4.71. The van der Waals surface area contributed by atoms with Gasteiger partial charge in [-0.3, -0.25) is 4.90 Å². The minimum Gasteiger partial charge on any atom is -0.326 e. The van der Waals surface area contributed by atoms with Gasteiger partial charge in [-0.2, -0.15) is 0 Å². The van der Waals surface area contributed by atoms with Crippen LogP contribution in [0.4, 0.5) is 0 Å². The van der Waals surface area contributed by atoms with Crippen molar-refractivity contribution >= 4 is 38.6 Å². The summed E-state index contributed by atoms with van der Waals surface area (Å²) in [6.45, 7) is 3.08. The molecule has 2 unspecified atom stereocenters. The molecule has 2 N–H and O–H groups in total. The Balaban J connectivity index is 2.14. The molecular formula is C14H19BrN2S2. The second-order valence-corrected chi connectivity index (χ2v) is 7.98. The van der Waals surface area contributed by atoms with E-state index in [2.05, 4.69) is 63.8 Å². The molecule has 2 atom stereocenters. The van der Waals surface area contributed by atoms with E-state index >= 15 is 0 Å². The molecule has 2 rings (SSSR count). The van der Waals surface area contributed by atoms with Crippen molar-refractivity contribution < 1.29 is 0 Å². The molecule has 2 heterocycles. The van der Waals surface area contributed by atoms with Gasteiger partial charge in [0.1, 0.15) is 0 Å². The molecule has 104 valence electrons. The highest BCUT2D eigenvalue weighted by atomic mass is 79.9. The molecule has 19 heavy (non-hydrogen) atoms.